The van der Waals surface area contributed by atoms with Crippen LogP contribution in [0, 0.1) is 18.8 Å². The molecule has 0 radical (unpaired) electrons. The van der Waals surface area contributed by atoms with E-state index in [-0.39, 0.29) is 11.8 Å². The Labute approximate surface area is 123 Å². The summed E-state index contributed by atoms with van der Waals surface area (Å²) in [4.78, 5) is 20.7. The van der Waals surface area contributed by atoms with Crippen molar-refractivity contribution < 1.29 is 4.79 Å². The zero-order valence-electron chi connectivity index (χ0n) is 12.2. The van der Waals surface area contributed by atoms with Crippen molar-refractivity contribution in [3.05, 3.63) is 36.5 Å². The second-order valence-electron chi connectivity index (χ2n) is 5.48. The van der Waals surface area contributed by atoms with E-state index >= 15 is 0 Å². The number of hydrogen-bond acceptors (Lipinski definition) is 4. The van der Waals surface area contributed by atoms with Crippen LogP contribution < -0.4 is 10.6 Å². The first-order valence-corrected chi connectivity index (χ1v) is 7.13. The highest BCUT2D eigenvalue weighted by Gasteiger charge is 2.29. The van der Waals surface area contributed by atoms with Gasteiger partial charge >= 0.3 is 0 Å². The summed E-state index contributed by atoms with van der Waals surface area (Å²) < 4.78 is 1.90. The van der Waals surface area contributed by atoms with Gasteiger partial charge in [0, 0.05) is 18.9 Å². The summed E-state index contributed by atoms with van der Waals surface area (Å²) >= 11 is 0. The van der Waals surface area contributed by atoms with Crippen molar-refractivity contribution in [3.8, 4) is 5.82 Å². The van der Waals surface area contributed by atoms with Crippen molar-refractivity contribution in [1.82, 2.24) is 19.9 Å². The van der Waals surface area contributed by atoms with Crippen molar-refractivity contribution in [2.45, 2.75) is 13.8 Å². The van der Waals surface area contributed by atoms with Gasteiger partial charge in [-0.3, -0.25) is 9.36 Å². The third kappa shape index (κ3) is 2.80. The van der Waals surface area contributed by atoms with Crippen LogP contribution in [0.1, 0.15) is 12.7 Å². The SMILES string of the molecule is Cc1nccn1-c1ccc(NC(=O)[C@@H]2CNC[C@H]2C)cn1. The van der Waals surface area contributed by atoms with Crippen molar-refractivity contribution in [2.24, 2.45) is 11.8 Å². The fourth-order valence-electron chi connectivity index (χ4n) is 2.62. The summed E-state index contributed by atoms with van der Waals surface area (Å²) in [5.41, 5.74) is 0.723. The average Bonchev–Trinajstić information content (AvgIpc) is 3.08. The lowest BCUT2D eigenvalue weighted by atomic mass is 9.97. The summed E-state index contributed by atoms with van der Waals surface area (Å²) in [7, 11) is 0. The molecule has 1 aliphatic rings. The smallest absolute Gasteiger partial charge is 0.229 e. The molecular weight excluding hydrogens is 266 g/mol. The maximum atomic E-state index is 12.2. The van der Waals surface area contributed by atoms with E-state index in [0.29, 0.717) is 5.92 Å². The van der Waals surface area contributed by atoms with Crippen molar-refractivity contribution in [1.29, 1.82) is 0 Å². The average molecular weight is 285 g/mol. The van der Waals surface area contributed by atoms with Crippen LogP contribution in [0.15, 0.2) is 30.7 Å². The van der Waals surface area contributed by atoms with Crippen LogP contribution >= 0.6 is 0 Å². The summed E-state index contributed by atoms with van der Waals surface area (Å²) in [6, 6.07) is 3.74. The number of amides is 1. The molecule has 3 rings (SSSR count). The normalized spacial score (nSPS) is 21.4. The first-order chi connectivity index (χ1) is 10.1. The molecule has 2 aromatic heterocycles. The van der Waals surface area contributed by atoms with Gasteiger partial charge in [0.15, 0.2) is 0 Å². The van der Waals surface area contributed by atoms with Gasteiger partial charge in [0.25, 0.3) is 0 Å². The number of nitrogens with zero attached hydrogens (tertiary/aromatic N) is 3. The lowest BCUT2D eigenvalue weighted by molar-refractivity contribution is -0.120. The first-order valence-electron chi connectivity index (χ1n) is 7.13. The van der Waals surface area contributed by atoms with Gasteiger partial charge < -0.3 is 10.6 Å². The highest BCUT2D eigenvalue weighted by atomic mass is 16.1. The molecule has 6 nitrogen and oxygen atoms in total. The van der Waals surface area contributed by atoms with Crippen LogP contribution in [0.2, 0.25) is 0 Å². The van der Waals surface area contributed by atoms with E-state index in [1.165, 1.54) is 0 Å². The molecule has 2 atom stereocenters. The van der Waals surface area contributed by atoms with Crippen LogP contribution in [0.5, 0.6) is 0 Å². The molecule has 1 saturated heterocycles. The Hall–Kier alpha value is -2.21. The van der Waals surface area contributed by atoms with Gasteiger partial charge in [0.2, 0.25) is 5.91 Å². The number of aryl methyl sites for hydroxylation is 1. The van der Waals surface area contributed by atoms with E-state index in [2.05, 4.69) is 27.5 Å². The van der Waals surface area contributed by atoms with E-state index in [1.54, 1.807) is 12.4 Å². The Morgan fingerprint density at radius 3 is 2.81 bits per heavy atom. The summed E-state index contributed by atoms with van der Waals surface area (Å²) in [5.74, 6) is 2.12. The number of rotatable bonds is 3. The number of pyridine rings is 1. The van der Waals surface area contributed by atoms with Gasteiger partial charge in [-0.1, -0.05) is 6.92 Å². The van der Waals surface area contributed by atoms with Crippen LogP contribution in [-0.2, 0) is 4.79 Å². The van der Waals surface area contributed by atoms with Gasteiger partial charge in [0.05, 0.1) is 17.8 Å². The highest BCUT2D eigenvalue weighted by Crippen LogP contribution is 2.18. The summed E-state index contributed by atoms with van der Waals surface area (Å²) in [6.07, 6.45) is 5.28. The van der Waals surface area contributed by atoms with Crippen LogP contribution in [0.4, 0.5) is 5.69 Å². The van der Waals surface area contributed by atoms with Crippen LogP contribution in [0.25, 0.3) is 5.82 Å². The van der Waals surface area contributed by atoms with Gasteiger partial charge in [-0.05, 0) is 31.5 Å². The second-order valence-corrected chi connectivity index (χ2v) is 5.48. The van der Waals surface area contributed by atoms with Crippen molar-refractivity contribution >= 4 is 11.6 Å². The van der Waals surface area contributed by atoms with Gasteiger partial charge in [0.1, 0.15) is 11.6 Å². The largest absolute Gasteiger partial charge is 0.324 e. The number of nitrogens with one attached hydrogen (secondary N) is 2. The number of aromatic nitrogens is 3. The molecule has 3 heterocycles. The van der Waals surface area contributed by atoms with Gasteiger partial charge in [-0.2, -0.15) is 0 Å². The molecular formula is C15H19N5O. The zero-order valence-corrected chi connectivity index (χ0v) is 12.2. The fraction of sp³-hybridized carbons (Fsp3) is 0.400. The molecule has 0 aliphatic carbocycles. The Kier molecular flexibility index (Phi) is 3.70. The highest BCUT2D eigenvalue weighted by molar-refractivity contribution is 5.93. The third-order valence-corrected chi connectivity index (χ3v) is 3.94. The maximum Gasteiger partial charge on any atom is 0.229 e. The zero-order chi connectivity index (χ0) is 14.8. The van der Waals surface area contributed by atoms with Crippen molar-refractivity contribution in [3.63, 3.8) is 0 Å². The molecule has 110 valence electrons. The molecule has 0 bridgehead atoms. The molecule has 1 aliphatic heterocycles. The number of carbonyl (C=O) groups is 1. The number of imidazole rings is 1. The molecule has 2 aromatic rings. The van der Waals surface area contributed by atoms with Gasteiger partial charge in [-0.25, -0.2) is 9.97 Å². The molecule has 1 fully saturated rings. The number of hydrogen-bond donors (Lipinski definition) is 2. The standard InChI is InChI=1S/C15H19N5O/c1-10-7-16-9-13(10)15(21)19-12-3-4-14(18-8-12)20-6-5-17-11(20)2/h3-6,8,10,13,16H,7,9H2,1-2H3,(H,19,21)/t10-,13-/m1/s1. The van der Waals surface area contributed by atoms with E-state index in [4.69, 9.17) is 0 Å². The predicted molar refractivity (Wildman–Crippen MR) is 80.2 cm³/mol. The third-order valence-electron chi connectivity index (χ3n) is 3.94. The van der Waals surface area contributed by atoms with Crippen LogP contribution in [-0.4, -0.2) is 33.5 Å². The minimum Gasteiger partial charge on any atom is -0.324 e. The van der Waals surface area contributed by atoms with E-state index in [9.17, 15) is 4.79 Å². The summed E-state index contributed by atoms with van der Waals surface area (Å²) in [5, 5.41) is 6.17. The van der Waals surface area contributed by atoms with E-state index in [1.807, 2.05) is 29.8 Å². The molecule has 6 heteroatoms. The minimum absolute atomic E-state index is 0.0283. The monoisotopic (exact) mass is 285 g/mol. The number of carbonyl (C=O) groups excluding carboxylic acids is 1. The topological polar surface area (TPSA) is 71.8 Å². The van der Waals surface area contributed by atoms with Crippen LogP contribution in [0.3, 0.4) is 0 Å². The van der Waals surface area contributed by atoms with Gasteiger partial charge in [-0.15, -0.1) is 0 Å². The Morgan fingerprint density at radius 2 is 2.24 bits per heavy atom. The Bertz CT molecular complexity index is 634. The predicted octanol–water partition coefficient (Wildman–Crippen LogP) is 1.37. The Balaban J connectivity index is 1.70. The molecule has 0 aromatic carbocycles. The molecule has 1 amide bonds. The first kappa shape index (κ1) is 13.8. The molecule has 0 spiro atoms. The fourth-order valence-corrected chi connectivity index (χ4v) is 2.62. The van der Waals surface area contributed by atoms with E-state index < -0.39 is 0 Å². The van der Waals surface area contributed by atoms with E-state index in [0.717, 1.165) is 30.4 Å². The molecule has 2 N–H and O–H groups in total. The number of anilines is 1. The molecule has 0 saturated carbocycles. The Morgan fingerprint density at radius 1 is 1.38 bits per heavy atom. The molecule has 21 heavy (non-hydrogen) atoms. The molecule has 0 unspecified atom stereocenters. The van der Waals surface area contributed by atoms with Crippen molar-refractivity contribution in [2.75, 3.05) is 18.4 Å². The quantitative estimate of drug-likeness (QED) is 0.893. The summed E-state index contributed by atoms with van der Waals surface area (Å²) in [6.45, 7) is 5.65. The lowest BCUT2D eigenvalue weighted by Crippen LogP contribution is -2.27. The lowest BCUT2D eigenvalue weighted by Gasteiger charge is -2.14. The minimum atomic E-state index is 0.0283. The second kappa shape index (κ2) is 5.65. The maximum absolute atomic E-state index is 12.2.